The second-order valence-corrected chi connectivity index (χ2v) is 6.34. The molecule has 3 rings (SSSR count). The first-order valence-electron chi connectivity index (χ1n) is 8.26. The first-order valence-corrected chi connectivity index (χ1v) is 8.26. The normalized spacial score (nSPS) is 16.8. The molecule has 0 spiro atoms. The Morgan fingerprint density at radius 1 is 1.24 bits per heavy atom. The highest BCUT2D eigenvalue weighted by molar-refractivity contribution is 5.96. The smallest absolute Gasteiger partial charge is 0.326 e. The van der Waals surface area contributed by atoms with Gasteiger partial charge in [0.05, 0.1) is 6.54 Å². The summed E-state index contributed by atoms with van der Waals surface area (Å²) >= 11 is 0. The van der Waals surface area contributed by atoms with Gasteiger partial charge >= 0.3 is 5.97 Å². The highest BCUT2D eigenvalue weighted by Crippen LogP contribution is 2.19. The van der Waals surface area contributed by atoms with Crippen LogP contribution in [-0.2, 0) is 11.3 Å². The van der Waals surface area contributed by atoms with Crippen LogP contribution in [0.3, 0.4) is 0 Å². The number of pyridine rings is 1. The summed E-state index contributed by atoms with van der Waals surface area (Å²) in [5, 5.41) is 9.25. The van der Waals surface area contributed by atoms with Crippen LogP contribution in [0.1, 0.15) is 34.3 Å². The number of aliphatic carboxylic acids is 1. The quantitative estimate of drug-likeness (QED) is 0.922. The number of carbonyl (C=O) groups excluding carboxylic acids is 1. The molecule has 1 atom stereocenters. The van der Waals surface area contributed by atoms with Gasteiger partial charge in [-0.25, -0.2) is 4.79 Å². The second kappa shape index (κ2) is 6.93. The molecular weight excluding hydrogens is 320 g/mol. The van der Waals surface area contributed by atoms with Crippen LogP contribution in [0.25, 0.3) is 0 Å². The fourth-order valence-electron chi connectivity index (χ4n) is 3.25. The third-order valence-electron chi connectivity index (χ3n) is 4.48. The van der Waals surface area contributed by atoms with Crippen molar-refractivity contribution in [3.63, 3.8) is 0 Å². The SMILES string of the molecule is Cc1cccc(Cn2cccc(C(=O)N3CCCC3C(=O)O)c2=O)c1. The van der Waals surface area contributed by atoms with E-state index in [4.69, 9.17) is 0 Å². The molecule has 1 aliphatic heterocycles. The first-order chi connectivity index (χ1) is 12.0. The topological polar surface area (TPSA) is 79.6 Å². The van der Waals surface area contributed by atoms with Gasteiger partial charge in [-0.1, -0.05) is 29.8 Å². The number of nitrogens with zero attached hydrogens (tertiary/aromatic N) is 2. The van der Waals surface area contributed by atoms with E-state index in [1.165, 1.54) is 15.5 Å². The van der Waals surface area contributed by atoms with Gasteiger partial charge in [0.25, 0.3) is 11.5 Å². The highest BCUT2D eigenvalue weighted by Gasteiger charge is 2.35. The Labute approximate surface area is 145 Å². The number of carbonyl (C=O) groups is 2. The first kappa shape index (κ1) is 17.0. The van der Waals surface area contributed by atoms with Gasteiger partial charge in [-0.2, -0.15) is 0 Å². The molecule has 0 bridgehead atoms. The monoisotopic (exact) mass is 340 g/mol. The molecule has 2 aromatic rings. The number of hydrogen-bond acceptors (Lipinski definition) is 3. The van der Waals surface area contributed by atoms with Crippen LogP contribution in [0.15, 0.2) is 47.4 Å². The lowest BCUT2D eigenvalue weighted by molar-refractivity contribution is -0.141. The van der Waals surface area contributed by atoms with Gasteiger partial charge in [0.2, 0.25) is 0 Å². The zero-order valence-electron chi connectivity index (χ0n) is 14.0. The maximum Gasteiger partial charge on any atom is 0.326 e. The van der Waals surface area contributed by atoms with Gasteiger partial charge in [-0.15, -0.1) is 0 Å². The zero-order chi connectivity index (χ0) is 18.0. The van der Waals surface area contributed by atoms with E-state index >= 15 is 0 Å². The largest absolute Gasteiger partial charge is 0.480 e. The molecule has 25 heavy (non-hydrogen) atoms. The molecule has 1 aromatic carbocycles. The van der Waals surface area contributed by atoms with E-state index in [2.05, 4.69) is 0 Å². The predicted octanol–water partition coefficient (Wildman–Crippen LogP) is 1.89. The minimum Gasteiger partial charge on any atom is -0.480 e. The van der Waals surface area contributed by atoms with Crippen LogP contribution in [-0.4, -0.2) is 39.0 Å². The van der Waals surface area contributed by atoms with E-state index in [0.717, 1.165) is 11.1 Å². The van der Waals surface area contributed by atoms with E-state index in [-0.39, 0.29) is 5.56 Å². The van der Waals surface area contributed by atoms with Gasteiger partial charge in [0.15, 0.2) is 0 Å². The minimum absolute atomic E-state index is 0.0169. The van der Waals surface area contributed by atoms with Crippen molar-refractivity contribution < 1.29 is 14.7 Å². The Bertz CT molecular complexity index is 872. The number of hydrogen-bond donors (Lipinski definition) is 1. The molecule has 1 fully saturated rings. The molecule has 6 heteroatoms. The van der Waals surface area contributed by atoms with Crippen LogP contribution in [0, 0.1) is 6.92 Å². The molecule has 1 amide bonds. The van der Waals surface area contributed by atoms with Crippen molar-refractivity contribution in [1.29, 1.82) is 0 Å². The standard InChI is InChI=1S/C19H20N2O4/c1-13-5-2-6-14(11-13)12-20-9-3-7-15(17(20)22)18(23)21-10-4-8-16(21)19(24)25/h2-3,5-7,9,11,16H,4,8,10,12H2,1H3,(H,24,25). The van der Waals surface area contributed by atoms with Crippen LogP contribution >= 0.6 is 0 Å². The molecule has 0 saturated carbocycles. The molecule has 1 aromatic heterocycles. The maximum absolute atomic E-state index is 12.7. The fraction of sp³-hybridized carbons (Fsp3) is 0.316. The summed E-state index contributed by atoms with van der Waals surface area (Å²) in [5.41, 5.74) is 1.68. The van der Waals surface area contributed by atoms with Crippen LogP contribution < -0.4 is 5.56 Å². The van der Waals surface area contributed by atoms with Crippen molar-refractivity contribution >= 4 is 11.9 Å². The van der Waals surface area contributed by atoms with Crippen LogP contribution in [0.2, 0.25) is 0 Å². The molecular formula is C19H20N2O4. The Morgan fingerprint density at radius 3 is 2.76 bits per heavy atom. The molecule has 1 unspecified atom stereocenters. The Balaban J connectivity index is 1.89. The van der Waals surface area contributed by atoms with Crippen LogP contribution in [0.5, 0.6) is 0 Å². The van der Waals surface area contributed by atoms with Crippen molar-refractivity contribution in [3.8, 4) is 0 Å². The number of carboxylic acid groups (broad SMARTS) is 1. The lowest BCUT2D eigenvalue weighted by atomic mass is 10.1. The number of aromatic nitrogens is 1. The summed E-state index contributed by atoms with van der Waals surface area (Å²) < 4.78 is 1.48. The highest BCUT2D eigenvalue weighted by atomic mass is 16.4. The summed E-state index contributed by atoms with van der Waals surface area (Å²) in [5.74, 6) is -1.53. The summed E-state index contributed by atoms with van der Waals surface area (Å²) in [6.07, 6.45) is 2.69. The summed E-state index contributed by atoms with van der Waals surface area (Å²) in [6, 6.07) is 10.1. The van der Waals surface area contributed by atoms with Gasteiger partial charge < -0.3 is 14.6 Å². The second-order valence-electron chi connectivity index (χ2n) is 6.34. The van der Waals surface area contributed by atoms with Gasteiger partial charge in [-0.3, -0.25) is 9.59 Å². The molecule has 6 nitrogen and oxygen atoms in total. The zero-order valence-corrected chi connectivity index (χ0v) is 14.0. The van der Waals surface area contributed by atoms with E-state index in [1.54, 1.807) is 12.3 Å². The Hall–Kier alpha value is -2.89. The summed E-state index contributed by atoms with van der Waals surface area (Å²) in [4.78, 5) is 38.0. The number of rotatable bonds is 4. The third kappa shape index (κ3) is 3.47. The van der Waals surface area contributed by atoms with E-state index < -0.39 is 23.5 Å². The number of carboxylic acids is 1. The molecule has 1 saturated heterocycles. The number of likely N-dealkylation sites (tertiary alicyclic amines) is 1. The number of amides is 1. The molecule has 0 radical (unpaired) electrons. The lowest BCUT2D eigenvalue weighted by Gasteiger charge is -2.21. The fourth-order valence-corrected chi connectivity index (χ4v) is 3.25. The number of benzene rings is 1. The molecule has 1 aliphatic rings. The molecule has 1 N–H and O–H groups in total. The Kier molecular flexibility index (Phi) is 4.70. The number of aryl methyl sites for hydroxylation is 1. The van der Waals surface area contributed by atoms with Crippen molar-refractivity contribution in [1.82, 2.24) is 9.47 Å². The van der Waals surface area contributed by atoms with Crippen molar-refractivity contribution in [2.75, 3.05) is 6.54 Å². The molecule has 130 valence electrons. The lowest BCUT2D eigenvalue weighted by Crippen LogP contribution is -2.43. The van der Waals surface area contributed by atoms with Crippen LogP contribution in [0.4, 0.5) is 0 Å². The van der Waals surface area contributed by atoms with Crippen molar-refractivity contribution in [2.45, 2.75) is 32.4 Å². The van der Waals surface area contributed by atoms with E-state index in [1.807, 2.05) is 31.2 Å². The predicted molar refractivity (Wildman–Crippen MR) is 92.7 cm³/mol. The average molecular weight is 340 g/mol. The summed E-state index contributed by atoms with van der Waals surface area (Å²) in [7, 11) is 0. The summed E-state index contributed by atoms with van der Waals surface area (Å²) in [6.45, 7) is 2.71. The van der Waals surface area contributed by atoms with Gasteiger partial charge in [-0.05, 0) is 37.5 Å². The minimum atomic E-state index is -1.03. The molecule has 0 aliphatic carbocycles. The van der Waals surface area contributed by atoms with Gasteiger partial charge in [0.1, 0.15) is 11.6 Å². The van der Waals surface area contributed by atoms with Crippen molar-refractivity contribution in [2.24, 2.45) is 0 Å². The maximum atomic E-state index is 12.7. The Morgan fingerprint density at radius 2 is 2.04 bits per heavy atom. The molecule has 2 heterocycles. The van der Waals surface area contributed by atoms with Gasteiger partial charge in [0, 0.05) is 12.7 Å². The third-order valence-corrected chi connectivity index (χ3v) is 4.48. The van der Waals surface area contributed by atoms with Crippen molar-refractivity contribution in [3.05, 3.63) is 69.6 Å². The average Bonchev–Trinajstić information content (AvgIpc) is 3.06. The van der Waals surface area contributed by atoms with E-state index in [9.17, 15) is 19.5 Å². The van der Waals surface area contributed by atoms with E-state index in [0.29, 0.717) is 25.9 Å².